The Hall–Kier alpha value is -2.37. The zero-order chi connectivity index (χ0) is 15.0. The van der Waals surface area contributed by atoms with E-state index in [1.54, 1.807) is 0 Å². The Morgan fingerprint density at radius 3 is 2.29 bits per heavy atom. The molecule has 2 aliphatic rings. The molecular formula is C15H15NO5. The lowest BCUT2D eigenvalue weighted by Gasteiger charge is -2.18. The van der Waals surface area contributed by atoms with Crippen LogP contribution in [-0.4, -0.2) is 33.7 Å². The van der Waals surface area contributed by atoms with Gasteiger partial charge in [-0.15, -0.1) is 0 Å². The van der Waals surface area contributed by atoms with Crippen molar-refractivity contribution in [2.24, 2.45) is 17.8 Å². The van der Waals surface area contributed by atoms with Gasteiger partial charge >= 0.3 is 11.9 Å². The van der Waals surface area contributed by atoms with Gasteiger partial charge in [0.2, 0.25) is 0 Å². The number of hydrogen-bond acceptors (Lipinski definition) is 4. The van der Waals surface area contributed by atoms with Crippen molar-refractivity contribution in [1.29, 1.82) is 0 Å². The van der Waals surface area contributed by atoms with E-state index in [9.17, 15) is 9.59 Å². The summed E-state index contributed by atoms with van der Waals surface area (Å²) >= 11 is 0. The molecule has 0 amide bonds. The first-order valence-electron chi connectivity index (χ1n) is 6.82. The smallest absolute Gasteiger partial charge is 0.354 e. The monoisotopic (exact) mass is 289 g/mol. The fourth-order valence-corrected chi connectivity index (χ4v) is 3.10. The second kappa shape index (κ2) is 5.20. The predicted molar refractivity (Wildman–Crippen MR) is 72.5 cm³/mol. The van der Waals surface area contributed by atoms with Crippen LogP contribution in [-0.2, 0) is 0 Å². The van der Waals surface area contributed by atoms with Crippen LogP contribution in [0, 0.1) is 17.8 Å². The average molecular weight is 289 g/mol. The molecule has 1 unspecified atom stereocenters. The molecule has 1 fully saturated rings. The highest BCUT2D eigenvalue weighted by molar-refractivity contribution is 5.90. The molecule has 0 saturated heterocycles. The number of fused-ring (bicyclic) bond motifs is 2. The first kappa shape index (κ1) is 13.6. The summed E-state index contributed by atoms with van der Waals surface area (Å²) in [5.41, 5.74) is -0.643. The topological polar surface area (TPSA) is 96.7 Å². The lowest BCUT2D eigenvalue weighted by Crippen LogP contribution is -2.17. The van der Waals surface area contributed by atoms with Crippen LogP contribution in [0.4, 0.5) is 0 Å². The van der Waals surface area contributed by atoms with E-state index in [-0.39, 0.29) is 17.1 Å². The fourth-order valence-electron chi connectivity index (χ4n) is 3.10. The largest absolute Gasteiger partial charge is 0.493 e. The van der Waals surface area contributed by atoms with Gasteiger partial charge in [0.25, 0.3) is 0 Å². The van der Waals surface area contributed by atoms with Gasteiger partial charge < -0.3 is 14.9 Å². The van der Waals surface area contributed by atoms with Gasteiger partial charge in [-0.1, -0.05) is 12.2 Å². The molecule has 6 heteroatoms. The second-order valence-electron chi connectivity index (χ2n) is 5.53. The summed E-state index contributed by atoms with van der Waals surface area (Å²) in [5.74, 6) is -0.738. The van der Waals surface area contributed by atoms with Gasteiger partial charge in [0.1, 0.15) is 5.75 Å². The van der Waals surface area contributed by atoms with Crippen LogP contribution < -0.4 is 4.74 Å². The predicted octanol–water partition coefficient (Wildman–Crippen LogP) is 2.07. The molecule has 6 nitrogen and oxygen atoms in total. The van der Waals surface area contributed by atoms with Gasteiger partial charge in [-0.2, -0.15) is 0 Å². The summed E-state index contributed by atoms with van der Waals surface area (Å²) in [7, 11) is 0. The third-order valence-corrected chi connectivity index (χ3v) is 4.12. The van der Waals surface area contributed by atoms with Crippen LogP contribution in [0.15, 0.2) is 24.3 Å². The molecule has 1 heterocycles. The number of aromatic nitrogens is 1. The quantitative estimate of drug-likeness (QED) is 0.805. The molecule has 0 aliphatic heterocycles. The first-order chi connectivity index (χ1) is 10.0. The number of hydrogen-bond donors (Lipinski definition) is 2. The summed E-state index contributed by atoms with van der Waals surface area (Å²) < 4.78 is 5.62. The van der Waals surface area contributed by atoms with Crippen molar-refractivity contribution in [1.82, 2.24) is 4.98 Å². The van der Waals surface area contributed by atoms with Crippen molar-refractivity contribution in [2.45, 2.75) is 12.8 Å². The van der Waals surface area contributed by atoms with Crippen molar-refractivity contribution < 1.29 is 24.5 Å². The van der Waals surface area contributed by atoms with Crippen LogP contribution in [0.3, 0.4) is 0 Å². The lowest BCUT2D eigenvalue weighted by atomic mass is 9.95. The highest BCUT2D eigenvalue weighted by atomic mass is 16.5. The highest BCUT2D eigenvalue weighted by Crippen LogP contribution is 2.43. The van der Waals surface area contributed by atoms with Crippen molar-refractivity contribution in [3.8, 4) is 5.75 Å². The summed E-state index contributed by atoms with van der Waals surface area (Å²) in [4.78, 5) is 25.5. The van der Waals surface area contributed by atoms with Crippen LogP contribution in [0.1, 0.15) is 33.8 Å². The number of aromatic carboxylic acids is 2. The van der Waals surface area contributed by atoms with Crippen molar-refractivity contribution >= 4 is 11.9 Å². The number of allylic oxidation sites excluding steroid dienone is 2. The van der Waals surface area contributed by atoms with Crippen LogP contribution in [0.2, 0.25) is 0 Å². The Labute approximate surface area is 121 Å². The lowest BCUT2D eigenvalue weighted by molar-refractivity contribution is 0.0683. The van der Waals surface area contributed by atoms with E-state index in [1.807, 2.05) is 0 Å². The maximum atomic E-state index is 11.0. The van der Waals surface area contributed by atoms with E-state index in [1.165, 1.54) is 12.1 Å². The zero-order valence-electron chi connectivity index (χ0n) is 11.2. The van der Waals surface area contributed by atoms with Crippen molar-refractivity contribution in [2.75, 3.05) is 6.61 Å². The Bertz CT molecular complexity index is 592. The number of carbonyl (C=O) groups is 2. The number of carboxylic acids is 2. The Morgan fingerprint density at radius 2 is 1.81 bits per heavy atom. The SMILES string of the molecule is O=C(O)c1cc(OCC2C[C@H]3C=C[C@@H]2C3)cc(C(=O)O)n1. The van der Waals surface area contributed by atoms with Crippen LogP contribution in [0.25, 0.3) is 0 Å². The standard InChI is InChI=1S/C15H15NO5/c17-14(18)12-5-11(6-13(16-12)15(19)20)21-7-10-4-8-1-2-9(10)3-8/h1-2,5-6,8-10H,3-4,7H2,(H,17,18)(H,19,20)/t8-,9+,10?/m0/s1. The molecule has 2 N–H and O–H groups in total. The summed E-state index contributed by atoms with van der Waals surface area (Å²) in [6, 6.07) is 2.52. The fraction of sp³-hybridized carbons (Fsp3) is 0.400. The number of rotatable bonds is 5. The van der Waals surface area contributed by atoms with E-state index in [0.29, 0.717) is 24.4 Å². The third-order valence-electron chi connectivity index (χ3n) is 4.12. The van der Waals surface area contributed by atoms with E-state index in [0.717, 1.165) is 12.8 Å². The molecule has 21 heavy (non-hydrogen) atoms. The molecule has 1 aromatic heterocycles. The molecule has 110 valence electrons. The van der Waals surface area contributed by atoms with Gasteiger partial charge in [-0.05, 0) is 30.6 Å². The minimum absolute atomic E-state index is 0.242. The molecule has 0 radical (unpaired) electrons. The Kier molecular flexibility index (Phi) is 3.37. The van der Waals surface area contributed by atoms with Gasteiger partial charge in [0.15, 0.2) is 11.4 Å². The number of pyridine rings is 1. The minimum atomic E-state index is -1.27. The molecule has 0 aromatic carbocycles. The van der Waals surface area contributed by atoms with Crippen molar-refractivity contribution in [3.05, 3.63) is 35.7 Å². The number of nitrogens with zero attached hydrogens (tertiary/aromatic N) is 1. The second-order valence-corrected chi connectivity index (χ2v) is 5.53. The van der Waals surface area contributed by atoms with Gasteiger partial charge in [0, 0.05) is 12.1 Å². The normalized spacial score (nSPS) is 26.0. The average Bonchev–Trinajstić information content (AvgIpc) is 3.07. The maximum Gasteiger partial charge on any atom is 0.354 e. The zero-order valence-corrected chi connectivity index (χ0v) is 11.2. The van der Waals surface area contributed by atoms with E-state index >= 15 is 0 Å². The minimum Gasteiger partial charge on any atom is -0.493 e. The molecule has 2 aliphatic carbocycles. The molecule has 1 saturated carbocycles. The van der Waals surface area contributed by atoms with Crippen molar-refractivity contribution in [3.63, 3.8) is 0 Å². The summed E-state index contributed by atoms with van der Waals surface area (Å²) in [6.45, 7) is 0.466. The van der Waals surface area contributed by atoms with E-state index in [4.69, 9.17) is 14.9 Å². The molecule has 0 spiro atoms. The van der Waals surface area contributed by atoms with Crippen LogP contribution >= 0.6 is 0 Å². The number of ether oxygens (including phenoxy) is 1. The molecule has 3 rings (SSSR count). The maximum absolute atomic E-state index is 11.0. The first-order valence-corrected chi connectivity index (χ1v) is 6.82. The molecular weight excluding hydrogens is 274 g/mol. The molecule has 3 atom stereocenters. The molecule has 2 bridgehead atoms. The van der Waals surface area contributed by atoms with Crippen LogP contribution in [0.5, 0.6) is 5.75 Å². The highest BCUT2D eigenvalue weighted by Gasteiger charge is 2.35. The summed E-state index contributed by atoms with van der Waals surface area (Å²) in [6.07, 6.45) is 6.67. The molecule has 1 aromatic rings. The Morgan fingerprint density at radius 1 is 1.14 bits per heavy atom. The van der Waals surface area contributed by atoms with Gasteiger partial charge in [-0.25, -0.2) is 14.6 Å². The van der Waals surface area contributed by atoms with Gasteiger partial charge in [-0.3, -0.25) is 0 Å². The summed E-state index contributed by atoms with van der Waals surface area (Å²) in [5, 5.41) is 17.9. The van der Waals surface area contributed by atoms with Gasteiger partial charge in [0.05, 0.1) is 6.61 Å². The van der Waals surface area contributed by atoms with E-state index < -0.39 is 11.9 Å². The Balaban J connectivity index is 1.73. The van der Waals surface area contributed by atoms with E-state index in [2.05, 4.69) is 17.1 Å². The number of carboxylic acid groups (broad SMARTS) is 2. The third kappa shape index (κ3) is 2.74.